The number of nitrogens with one attached hydrogen (secondary N) is 1. The van der Waals surface area contributed by atoms with E-state index in [0.29, 0.717) is 12.2 Å². The number of hydrogen-bond acceptors (Lipinski definition) is 3. The van der Waals surface area contributed by atoms with E-state index in [9.17, 15) is 9.90 Å². The number of nitrogens with zero attached hydrogens (tertiary/aromatic N) is 3. The van der Waals surface area contributed by atoms with Gasteiger partial charge in [-0.2, -0.15) is 0 Å². The smallest absolute Gasteiger partial charge is 0.322 e. The number of anilines is 1. The average Bonchev–Trinajstić information content (AvgIpc) is 3.08. The minimum absolute atomic E-state index is 0.0935. The Bertz CT molecular complexity index is 889. The maximum Gasteiger partial charge on any atom is 0.322 e. The lowest BCUT2D eigenvalue weighted by atomic mass is 9.93. The van der Waals surface area contributed by atoms with E-state index in [1.165, 1.54) is 5.56 Å². The minimum atomic E-state index is -0.315. The Balaban J connectivity index is 1.57. The molecule has 0 saturated carbocycles. The molecule has 0 unspecified atom stereocenters. The van der Waals surface area contributed by atoms with Crippen LogP contribution in [0.15, 0.2) is 55.0 Å². The summed E-state index contributed by atoms with van der Waals surface area (Å²) in [5.41, 5.74) is 3.68. The summed E-state index contributed by atoms with van der Waals surface area (Å²) in [5.74, 6) is 0. The van der Waals surface area contributed by atoms with Gasteiger partial charge in [0.2, 0.25) is 0 Å². The first-order chi connectivity index (χ1) is 11.8. The standard InChI is InChI=1S/C18H18N4O2/c23-12-16-15-4-2-1-3-13(15)5-9-22(16)18(24)20-14-6-8-21-10-7-19-17(21)11-14/h1-4,6-8,10-11,16,23H,5,9,12H2,(H,20,24)/t16-/m0/s1. The molecule has 3 heterocycles. The Hall–Kier alpha value is -2.86. The fourth-order valence-corrected chi connectivity index (χ4v) is 3.27. The summed E-state index contributed by atoms with van der Waals surface area (Å²) in [6.07, 6.45) is 6.21. The number of pyridine rings is 1. The number of imidazole rings is 1. The van der Waals surface area contributed by atoms with Crippen molar-refractivity contribution in [1.82, 2.24) is 14.3 Å². The summed E-state index contributed by atoms with van der Waals surface area (Å²) in [5, 5.41) is 12.7. The van der Waals surface area contributed by atoms with E-state index in [-0.39, 0.29) is 18.7 Å². The zero-order valence-corrected chi connectivity index (χ0v) is 13.1. The molecule has 1 aliphatic heterocycles. The molecule has 0 fully saturated rings. The highest BCUT2D eigenvalue weighted by molar-refractivity contribution is 5.90. The number of amides is 2. The normalized spacial score (nSPS) is 16.9. The van der Waals surface area contributed by atoms with Crippen LogP contribution in [0.2, 0.25) is 0 Å². The van der Waals surface area contributed by atoms with Gasteiger partial charge in [-0.25, -0.2) is 9.78 Å². The number of benzene rings is 1. The van der Waals surface area contributed by atoms with Crippen LogP contribution in [0.3, 0.4) is 0 Å². The molecule has 1 atom stereocenters. The van der Waals surface area contributed by atoms with Crippen molar-refractivity contribution in [1.29, 1.82) is 0 Å². The molecule has 6 nitrogen and oxygen atoms in total. The summed E-state index contributed by atoms with van der Waals surface area (Å²) in [6, 6.07) is 11.1. The first-order valence-electron chi connectivity index (χ1n) is 7.95. The Morgan fingerprint density at radius 3 is 3.04 bits per heavy atom. The molecule has 0 saturated heterocycles. The van der Waals surface area contributed by atoms with Gasteiger partial charge >= 0.3 is 6.03 Å². The van der Waals surface area contributed by atoms with Crippen molar-refractivity contribution in [3.8, 4) is 0 Å². The molecular formula is C18H18N4O2. The number of carbonyl (C=O) groups excluding carboxylic acids is 1. The monoisotopic (exact) mass is 322 g/mol. The van der Waals surface area contributed by atoms with Gasteiger partial charge < -0.3 is 19.7 Å². The lowest BCUT2D eigenvalue weighted by molar-refractivity contribution is 0.135. The summed E-state index contributed by atoms with van der Waals surface area (Å²) >= 11 is 0. The lowest BCUT2D eigenvalue weighted by Crippen LogP contribution is -2.43. The Morgan fingerprint density at radius 2 is 2.17 bits per heavy atom. The van der Waals surface area contributed by atoms with Crippen molar-refractivity contribution in [2.24, 2.45) is 0 Å². The number of rotatable bonds is 2. The van der Waals surface area contributed by atoms with Gasteiger partial charge in [0.1, 0.15) is 5.65 Å². The van der Waals surface area contributed by atoms with E-state index in [2.05, 4.69) is 16.4 Å². The second-order valence-electron chi connectivity index (χ2n) is 5.88. The fourth-order valence-electron chi connectivity index (χ4n) is 3.27. The van der Waals surface area contributed by atoms with Crippen molar-refractivity contribution in [2.45, 2.75) is 12.5 Å². The van der Waals surface area contributed by atoms with E-state index in [0.717, 1.165) is 17.6 Å². The second-order valence-corrected chi connectivity index (χ2v) is 5.88. The van der Waals surface area contributed by atoms with Crippen molar-refractivity contribution < 1.29 is 9.90 Å². The van der Waals surface area contributed by atoms with E-state index < -0.39 is 0 Å². The molecular weight excluding hydrogens is 304 g/mol. The van der Waals surface area contributed by atoms with Crippen LogP contribution in [0.4, 0.5) is 10.5 Å². The van der Waals surface area contributed by atoms with Crippen LogP contribution in [-0.4, -0.2) is 38.6 Å². The van der Waals surface area contributed by atoms with Crippen molar-refractivity contribution in [3.63, 3.8) is 0 Å². The Morgan fingerprint density at radius 1 is 1.29 bits per heavy atom. The molecule has 2 N–H and O–H groups in total. The highest BCUT2D eigenvalue weighted by Crippen LogP contribution is 2.29. The van der Waals surface area contributed by atoms with Crippen molar-refractivity contribution in [3.05, 3.63) is 66.1 Å². The van der Waals surface area contributed by atoms with Crippen LogP contribution >= 0.6 is 0 Å². The number of aliphatic hydroxyl groups is 1. The molecule has 2 aromatic heterocycles. The third kappa shape index (κ3) is 2.51. The number of urea groups is 1. The highest BCUT2D eigenvalue weighted by Gasteiger charge is 2.30. The topological polar surface area (TPSA) is 69.9 Å². The van der Waals surface area contributed by atoms with Crippen LogP contribution in [0.1, 0.15) is 17.2 Å². The van der Waals surface area contributed by atoms with Crippen molar-refractivity contribution in [2.75, 3.05) is 18.5 Å². The molecule has 24 heavy (non-hydrogen) atoms. The number of fused-ring (bicyclic) bond motifs is 2. The first kappa shape index (κ1) is 14.7. The van der Waals surface area contributed by atoms with E-state index in [1.54, 1.807) is 11.1 Å². The molecule has 1 aromatic carbocycles. The number of hydrogen-bond donors (Lipinski definition) is 2. The van der Waals surface area contributed by atoms with Gasteiger partial charge in [-0.15, -0.1) is 0 Å². The van der Waals surface area contributed by atoms with Gasteiger partial charge in [0.25, 0.3) is 0 Å². The third-order valence-electron chi connectivity index (χ3n) is 4.50. The second kappa shape index (κ2) is 5.98. The number of carbonyl (C=O) groups is 1. The van der Waals surface area contributed by atoms with Crippen LogP contribution in [0, 0.1) is 0 Å². The van der Waals surface area contributed by atoms with Crippen LogP contribution in [0.25, 0.3) is 5.65 Å². The molecule has 0 bridgehead atoms. The van der Waals surface area contributed by atoms with Gasteiger partial charge in [0.05, 0.1) is 12.6 Å². The maximum atomic E-state index is 12.7. The first-order valence-corrected chi connectivity index (χ1v) is 7.95. The summed E-state index contributed by atoms with van der Waals surface area (Å²) in [6.45, 7) is 0.490. The van der Waals surface area contributed by atoms with Gasteiger partial charge in [0, 0.05) is 36.9 Å². The van der Waals surface area contributed by atoms with Crippen LogP contribution in [0.5, 0.6) is 0 Å². The van der Waals surface area contributed by atoms with Gasteiger partial charge in [-0.3, -0.25) is 0 Å². The van der Waals surface area contributed by atoms with Gasteiger partial charge in [0.15, 0.2) is 0 Å². The van der Waals surface area contributed by atoms with Crippen LogP contribution in [-0.2, 0) is 6.42 Å². The number of aliphatic hydroxyl groups excluding tert-OH is 1. The fraction of sp³-hybridized carbons (Fsp3) is 0.222. The van der Waals surface area contributed by atoms with E-state index in [1.807, 2.05) is 47.1 Å². The Kier molecular flexibility index (Phi) is 3.66. The molecule has 0 radical (unpaired) electrons. The van der Waals surface area contributed by atoms with E-state index in [4.69, 9.17) is 0 Å². The predicted molar refractivity (Wildman–Crippen MR) is 90.9 cm³/mol. The summed E-state index contributed by atoms with van der Waals surface area (Å²) in [7, 11) is 0. The summed E-state index contributed by atoms with van der Waals surface area (Å²) < 4.78 is 1.88. The zero-order valence-electron chi connectivity index (χ0n) is 13.1. The third-order valence-corrected chi connectivity index (χ3v) is 4.50. The SMILES string of the molecule is O=C(Nc1ccn2ccnc2c1)N1CCc2ccccc2[C@@H]1CO. The van der Waals surface area contributed by atoms with Gasteiger partial charge in [-0.05, 0) is 23.6 Å². The molecule has 4 rings (SSSR count). The molecule has 0 spiro atoms. The molecule has 0 aliphatic carbocycles. The maximum absolute atomic E-state index is 12.7. The number of aromatic nitrogens is 2. The lowest BCUT2D eigenvalue weighted by Gasteiger charge is -2.36. The molecule has 1 aliphatic rings. The molecule has 122 valence electrons. The molecule has 3 aromatic rings. The average molecular weight is 322 g/mol. The minimum Gasteiger partial charge on any atom is -0.394 e. The quantitative estimate of drug-likeness (QED) is 0.761. The van der Waals surface area contributed by atoms with E-state index >= 15 is 0 Å². The van der Waals surface area contributed by atoms with Crippen LogP contribution < -0.4 is 5.32 Å². The molecule has 2 amide bonds. The van der Waals surface area contributed by atoms with Gasteiger partial charge in [-0.1, -0.05) is 24.3 Å². The zero-order chi connectivity index (χ0) is 16.5. The predicted octanol–water partition coefficient (Wildman–Crippen LogP) is 2.46. The largest absolute Gasteiger partial charge is 0.394 e. The Labute approximate surface area is 139 Å². The highest BCUT2D eigenvalue weighted by atomic mass is 16.3. The summed E-state index contributed by atoms with van der Waals surface area (Å²) in [4.78, 5) is 18.6. The van der Waals surface area contributed by atoms with Crippen molar-refractivity contribution >= 4 is 17.4 Å². The molecule has 6 heteroatoms.